The van der Waals surface area contributed by atoms with Crippen molar-refractivity contribution < 1.29 is 14.3 Å². The number of amides is 1. The van der Waals surface area contributed by atoms with E-state index in [1.807, 2.05) is 29.2 Å². The van der Waals surface area contributed by atoms with Gasteiger partial charge in [0.25, 0.3) is 0 Å². The molecule has 0 N–H and O–H groups in total. The first-order valence-electron chi connectivity index (χ1n) is 12.9. The first kappa shape index (κ1) is 23.3. The van der Waals surface area contributed by atoms with Gasteiger partial charge in [0.05, 0.1) is 4.70 Å². The van der Waals surface area contributed by atoms with Crippen molar-refractivity contribution in [3.8, 4) is 11.5 Å². The van der Waals surface area contributed by atoms with Gasteiger partial charge in [-0.15, -0.1) is 0 Å². The molecular weight excluding hydrogens is 472 g/mol. The van der Waals surface area contributed by atoms with Crippen molar-refractivity contribution in [2.75, 3.05) is 57.5 Å². The van der Waals surface area contributed by atoms with Crippen LogP contribution in [-0.2, 0) is 4.79 Å². The molecule has 3 aliphatic heterocycles. The van der Waals surface area contributed by atoms with Crippen LogP contribution in [0.4, 0.5) is 5.82 Å². The molecule has 6 rings (SSSR count). The molecule has 36 heavy (non-hydrogen) atoms. The van der Waals surface area contributed by atoms with E-state index >= 15 is 0 Å². The second-order valence-electron chi connectivity index (χ2n) is 9.86. The molecule has 3 aromatic rings. The van der Waals surface area contributed by atoms with Crippen LogP contribution in [0.15, 0.2) is 48.5 Å². The lowest BCUT2D eigenvalue weighted by molar-refractivity contribution is -0.127. The van der Waals surface area contributed by atoms with Crippen molar-refractivity contribution in [1.29, 1.82) is 0 Å². The zero-order valence-electron chi connectivity index (χ0n) is 20.5. The van der Waals surface area contributed by atoms with E-state index in [4.69, 9.17) is 13.8 Å². The van der Waals surface area contributed by atoms with E-state index in [0.29, 0.717) is 5.92 Å². The summed E-state index contributed by atoms with van der Waals surface area (Å²) in [6.07, 6.45) is 7.01. The van der Waals surface area contributed by atoms with E-state index in [2.05, 4.69) is 34.1 Å². The molecule has 0 bridgehead atoms. The number of hydrogen-bond acceptors (Lipinski definition) is 7. The Bertz CT molecular complexity index is 1250. The maximum absolute atomic E-state index is 12.9. The molecule has 0 saturated carbocycles. The third-order valence-electron chi connectivity index (χ3n) is 7.53. The Morgan fingerprint density at radius 1 is 1.06 bits per heavy atom. The van der Waals surface area contributed by atoms with Crippen LogP contribution in [0.1, 0.15) is 24.8 Å². The van der Waals surface area contributed by atoms with Gasteiger partial charge in [-0.3, -0.25) is 9.69 Å². The molecule has 1 aromatic heterocycles. The van der Waals surface area contributed by atoms with Crippen molar-refractivity contribution in [3.63, 3.8) is 0 Å². The normalized spacial score (nSPS) is 20.5. The second kappa shape index (κ2) is 10.5. The summed E-state index contributed by atoms with van der Waals surface area (Å²) >= 11 is 1.59. The summed E-state index contributed by atoms with van der Waals surface area (Å²) in [4.78, 5) is 19.9. The van der Waals surface area contributed by atoms with Crippen LogP contribution in [0, 0.1) is 5.92 Å². The van der Waals surface area contributed by atoms with Crippen molar-refractivity contribution in [2.24, 2.45) is 5.92 Å². The van der Waals surface area contributed by atoms with Gasteiger partial charge < -0.3 is 19.3 Å². The number of fused-ring (bicyclic) bond motifs is 2. The standard InChI is InChI=1S/C28H32N4O3S/c33-27(10-8-21-7-9-24-25(18-21)35-20-34-24)32-12-3-4-22(19-32)11-13-30-14-16-31(17-15-30)28-23-5-1-2-6-26(23)36-29-28/h1-2,5-10,18,22H,3-4,11-17,19-20H2/b10-8+/t22-/m0/s1. The van der Waals surface area contributed by atoms with E-state index in [9.17, 15) is 4.79 Å². The number of rotatable bonds is 6. The average Bonchev–Trinajstić information content (AvgIpc) is 3.58. The average molecular weight is 505 g/mol. The van der Waals surface area contributed by atoms with Crippen LogP contribution in [0.25, 0.3) is 16.2 Å². The maximum atomic E-state index is 12.9. The number of aromatic nitrogens is 1. The Labute approximate surface area is 216 Å². The zero-order chi connectivity index (χ0) is 24.3. The number of ether oxygens (including phenoxy) is 2. The fraction of sp³-hybridized carbons (Fsp3) is 0.429. The molecule has 0 aliphatic carbocycles. The van der Waals surface area contributed by atoms with Crippen molar-refractivity contribution in [2.45, 2.75) is 19.3 Å². The highest BCUT2D eigenvalue weighted by Gasteiger charge is 2.25. The van der Waals surface area contributed by atoms with Crippen LogP contribution >= 0.6 is 11.5 Å². The summed E-state index contributed by atoms with van der Waals surface area (Å²) in [5.41, 5.74) is 0.950. The lowest BCUT2D eigenvalue weighted by Crippen LogP contribution is -2.47. The minimum absolute atomic E-state index is 0.0986. The highest BCUT2D eigenvalue weighted by atomic mass is 32.1. The van der Waals surface area contributed by atoms with Gasteiger partial charge in [-0.05, 0) is 79.2 Å². The summed E-state index contributed by atoms with van der Waals surface area (Å²) in [6, 6.07) is 14.3. The third-order valence-corrected chi connectivity index (χ3v) is 8.35. The lowest BCUT2D eigenvalue weighted by Gasteiger charge is -2.37. The minimum Gasteiger partial charge on any atom is -0.454 e. The second-order valence-corrected chi connectivity index (χ2v) is 10.7. The van der Waals surface area contributed by atoms with Crippen molar-refractivity contribution in [1.82, 2.24) is 14.2 Å². The fourth-order valence-corrected chi connectivity index (χ4v) is 6.24. The summed E-state index contributed by atoms with van der Waals surface area (Å²) in [5, 5.41) is 1.27. The third kappa shape index (κ3) is 5.06. The first-order chi connectivity index (χ1) is 17.7. The smallest absolute Gasteiger partial charge is 0.246 e. The zero-order valence-corrected chi connectivity index (χ0v) is 21.3. The number of piperazine rings is 1. The van der Waals surface area contributed by atoms with Gasteiger partial charge in [0.15, 0.2) is 11.5 Å². The van der Waals surface area contributed by atoms with Crippen LogP contribution in [0.3, 0.4) is 0 Å². The highest BCUT2D eigenvalue weighted by Crippen LogP contribution is 2.33. The van der Waals surface area contributed by atoms with Crippen molar-refractivity contribution >= 4 is 39.4 Å². The molecule has 188 valence electrons. The van der Waals surface area contributed by atoms with Crippen LogP contribution in [-0.4, -0.2) is 72.7 Å². The predicted molar refractivity (Wildman–Crippen MR) is 144 cm³/mol. The molecule has 2 aromatic carbocycles. The topological polar surface area (TPSA) is 58.1 Å². The number of nitrogens with zero attached hydrogens (tertiary/aromatic N) is 4. The maximum Gasteiger partial charge on any atom is 0.246 e. The Kier molecular flexibility index (Phi) is 6.79. The number of hydrogen-bond donors (Lipinski definition) is 0. The summed E-state index contributed by atoms with van der Waals surface area (Å²) in [5.74, 6) is 3.31. The van der Waals surface area contributed by atoms with E-state index in [0.717, 1.165) is 81.5 Å². The number of anilines is 1. The van der Waals surface area contributed by atoms with E-state index in [1.54, 1.807) is 17.6 Å². The Morgan fingerprint density at radius 3 is 2.83 bits per heavy atom. The molecule has 4 heterocycles. The van der Waals surface area contributed by atoms with Gasteiger partial charge in [0.2, 0.25) is 12.7 Å². The van der Waals surface area contributed by atoms with Gasteiger partial charge in [0, 0.05) is 50.7 Å². The predicted octanol–water partition coefficient (Wildman–Crippen LogP) is 4.49. The van der Waals surface area contributed by atoms with Gasteiger partial charge in [0.1, 0.15) is 5.82 Å². The summed E-state index contributed by atoms with van der Waals surface area (Å²) in [6.45, 7) is 7.25. The van der Waals surface area contributed by atoms with E-state index in [1.165, 1.54) is 16.5 Å². The lowest BCUT2D eigenvalue weighted by atomic mass is 9.94. The highest BCUT2D eigenvalue weighted by molar-refractivity contribution is 7.13. The number of likely N-dealkylation sites (tertiary alicyclic amines) is 1. The van der Waals surface area contributed by atoms with Crippen LogP contribution < -0.4 is 14.4 Å². The van der Waals surface area contributed by atoms with Crippen LogP contribution in [0.5, 0.6) is 11.5 Å². The molecule has 2 saturated heterocycles. The molecule has 0 unspecified atom stereocenters. The van der Waals surface area contributed by atoms with Gasteiger partial charge in [-0.25, -0.2) is 0 Å². The number of piperidine rings is 1. The van der Waals surface area contributed by atoms with Gasteiger partial charge in [-0.2, -0.15) is 4.37 Å². The molecule has 8 heteroatoms. The molecule has 0 spiro atoms. The Hall–Kier alpha value is -3.10. The van der Waals surface area contributed by atoms with Gasteiger partial charge >= 0.3 is 0 Å². The Balaban J connectivity index is 0.969. The molecule has 3 aliphatic rings. The minimum atomic E-state index is 0.0986. The largest absolute Gasteiger partial charge is 0.454 e. The van der Waals surface area contributed by atoms with Crippen LogP contribution in [0.2, 0.25) is 0 Å². The molecule has 1 amide bonds. The first-order valence-corrected chi connectivity index (χ1v) is 13.7. The Morgan fingerprint density at radius 2 is 1.92 bits per heavy atom. The SMILES string of the molecule is O=C(/C=C/c1ccc2c(c1)OCO2)N1CCC[C@@H](CCN2CCN(c3nsc4ccccc34)CC2)C1. The molecule has 7 nitrogen and oxygen atoms in total. The monoisotopic (exact) mass is 504 g/mol. The van der Waals surface area contributed by atoms with Crippen molar-refractivity contribution in [3.05, 3.63) is 54.1 Å². The molecular formula is C28H32N4O3S. The molecule has 0 radical (unpaired) electrons. The quantitative estimate of drug-likeness (QED) is 0.461. The summed E-state index contributed by atoms with van der Waals surface area (Å²) < 4.78 is 16.8. The fourth-order valence-electron chi connectivity index (χ4n) is 5.44. The number of carbonyl (C=O) groups excluding carboxylic acids is 1. The van der Waals surface area contributed by atoms with E-state index in [-0.39, 0.29) is 12.7 Å². The number of benzene rings is 2. The molecule has 2 fully saturated rings. The number of carbonyl (C=O) groups is 1. The van der Waals surface area contributed by atoms with Gasteiger partial charge in [-0.1, -0.05) is 18.2 Å². The molecule has 1 atom stereocenters. The summed E-state index contributed by atoms with van der Waals surface area (Å²) in [7, 11) is 0. The van der Waals surface area contributed by atoms with E-state index < -0.39 is 0 Å².